The standard InChI is InChI=1S/C11H12F3NS/c12-11(13,14)9-3-1-8(2-4-9)10-7-15-5-6-16-10/h1-4,10,15H,5-7H2. The van der Waals surface area contributed by atoms with Crippen LogP contribution in [0.15, 0.2) is 24.3 Å². The average Bonchev–Trinajstić information content (AvgIpc) is 2.29. The van der Waals surface area contributed by atoms with Gasteiger partial charge in [-0.2, -0.15) is 24.9 Å². The molecule has 1 aromatic carbocycles. The number of nitrogens with one attached hydrogen (secondary N) is 1. The lowest BCUT2D eigenvalue weighted by molar-refractivity contribution is -0.137. The summed E-state index contributed by atoms with van der Waals surface area (Å²) in [7, 11) is 0. The van der Waals surface area contributed by atoms with Crippen LogP contribution in [0.25, 0.3) is 0 Å². The van der Waals surface area contributed by atoms with E-state index in [-0.39, 0.29) is 5.25 Å². The molecule has 0 bridgehead atoms. The van der Waals surface area contributed by atoms with Gasteiger partial charge < -0.3 is 5.32 Å². The van der Waals surface area contributed by atoms with E-state index in [4.69, 9.17) is 0 Å². The number of alkyl halides is 3. The van der Waals surface area contributed by atoms with Crippen LogP contribution < -0.4 is 5.32 Å². The van der Waals surface area contributed by atoms with E-state index in [1.807, 2.05) is 0 Å². The Morgan fingerprint density at radius 1 is 1.19 bits per heavy atom. The van der Waals surface area contributed by atoms with E-state index < -0.39 is 11.7 Å². The Kier molecular flexibility index (Phi) is 3.44. The van der Waals surface area contributed by atoms with Crippen LogP contribution in [0, 0.1) is 0 Å². The highest BCUT2D eigenvalue weighted by atomic mass is 32.2. The van der Waals surface area contributed by atoms with Crippen LogP contribution in [-0.4, -0.2) is 18.8 Å². The Bertz CT molecular complexity index is 341. The molecule has 0 spiro atoms. The highest BCUT2D eigenvalue weighted by Crippen LogP contribution is 2.33. The number of rotatable bonds is 1. The molecule has 0 amide bonds. The van der Waals surface area contributed by atoms with Gasteiger partial charge >= 0.3 is 6.18 Å². The molecule has 5 heteroatoms. The highest BCUT2D eigenvalue weighted by Gasteiger charge is 2.30. The maximum Gasteiger partial charge on any atom is 0.416 e. The van der Waals surface area contributed by atoms with Gasteiger partial charge in [0.2, 0.25) is 0 Å². The molecule has 1 aliphatic heterocycles. The Hall–Kier alpha value is -0.680. The van der Waals surface area contributed by atoms with Crippen molar-refractivity contribution in [2.75, 3.05) is 18.8 Å². The van der Waals surface area contributed by atoms with Crippen molar-refractivity contribution in [2.24, 2.45) is 0 Å². The number of thioether (sulfide) groups is 1. The number of hydrogen-bond acceptors (Lipinski definition) is 2. The van der Waals surface area contributed by atoms with Gasteiger partial charge in [-0.25, -0.2) is 0 Å². The second-order valence-corrected chi connectivity index (χ2v) is 4.99. The summed E-state index contributed by atoms with van der Waals surface area (Å²) in [5, 5.41) is 3.51. The lowest BCUT2D eigenvalue weighted by Crippen LogP contribution is -2.28. The van der Waals surface area contributed by atoms with E-state index in [0.29, 0.717) is 0 Å². The average molecular weight is 247 g/mol. The predicted octanol–water partition coefficient (Wildman–Crippen LogP) is 3.08. The van der Waals surface area contributed by atoms with Gasteiger partial charge in [-0.05, 0) is 17.7 Å². The van der Waals surface area contributed by atoms with Gasteiger partial charge in [-0.3, -0.25) is 0 Å². The maximum atomic E-state index is 12.3. The minimum absolute atomic E-state index is 0.274. The Morgan fingerprint density at radius 3 is 2.38 bits per heavy atom. The fourth-order valence-corrected chi connectivity index (χ4v) is 2.80. The molecular formula is C11H12F3NS. The molecule has 1 unspecified atom stereocenters. The number of halogens is 3. The second-order valence-electron chi connectivity index (χ2n) is 3.68. The van der Waals surface area contributed by atoms with Crippen molar-refractivity contribution in [1.82, 2.24) is 5.32 Å². The molecule has 1 saturated heterocycles. The molecule has 88 valence electrons. The molecule has 0 saturated carbocycles. The van der Waals surface area contributed by atoms with Gasteiger partial charge in [0, 0.05) is 24.1 Å². The van der Waals surface area contributed by atoms with Crippen LogP contribution in [0.4, 0.5) is 13.2 Å². The molecule has 1 atom stereocenters. The zero-order valence-corrected chi connectivity index (χ0v) is 9.37. The molecule has 1 fully saturated rings. The summed E-state index contributed by atoms with van der Waals surface area (Å²) in [5.74, 6) is 1.01. The third-order valence-electron chi connectivity index (χ3n) is 2.54. The first-order chi connectivity index (χ1) is 7.57. The van der Waals surface area contributed by atoms with Crippen LogP contribution in [0.5, 0.6) is 0 Å². The summed E-state index contributed by atoms with van der Waals surface area (Å²) in [6, 6.07) is 5.47. The van der Waals surface area contributed by atoms with Crippen molar-refractivity contribution in [1.29, 1.82) is 0 Å². The number of hydrogen-bond donors (Lipinski definition) is 1. The molecule has 1 N–H and O–H groups in total. The minimum atomic E-state index is -4.24. The first-order valence-corrected chi connectivity index (χ1v) is 6.12. The van der Waals surface area contributed by atoms with E-state index >= 15 is 0 Å². The number of benzene rings is 1. The lowest BCUT2D eigenvalue weighted by Gasteiger charge is -2.23. The molecule has 16 heavy (non-hydrogen) atoms. The summed E-state index contributed by atoms with van der Waals surface area (Å²) in [4.78, 5) is 0. The zero-order valence-electron chi connectivity index (χ0n) is 8.55. The maximum absolute atomic E-state index is 12.3. The summed E-state index contributed by atoms with van der Waals surface area (Å²) in [5.41, 5.74) is 0.384. The van der Waals surface area contributed by atoms with Crippen molar-refractivity contribution in [2.45, 2.75) is 11.4 Å². The zero-order chi connectivity index (χ0) is 11.6. The molecule has 2 rings (SSSR count). The summed E-state index contributed by atoms with van der Waals surface area (Å²) < 4.78 is 37.0. The molecular weight excluding hydrogens is 235 g/mol. The van der Waals surface area contributed by atoms with Crippen molar-refractivity contribution in [3.8, 4) is 0 Å². The van der Waals surface area contributed by atoms with E-state index in [1.54, 1.807) is 23.9 Å². The molecule has 1 aliphatic rings. The molecule has 1 nitrogen and oxygen atoms in total. The largest absolute Gasteiger partial charge is 0.416 e. The molecule has 0 radical (unpaired) electrons. The van der Waals surface area contributed by atoms with Crippen molar-refractivity contribution in [3.63, 3.8) is 0 Å². The summed E-state index contributed by atoms with van der Waals surface area (Å²) in [6.07, 6.45) is -4.24. The first-order valence-electron chi connectivity index (χ1n) is 5.07. The van der Waals surface area contributed by atoms with Gasteiger partial charge in [-0.15, -0.1) is 0 Å². The third-order valence-corrected chi connectivity index (χ3v) is 3.82. The van der Waals surface area contributed by atoms with Gasteiger partial charge in [0.25, 0.3) is 0 Å². The van der Waals surface area contributed by atoms with E-state index in [9.17, 15) is 13.2 Å². The van der Waals surface area contributed by atoms with Gasteiger partial charge in [0.15, 0.2) is 0 Å². The van der Waals surface area contributed by atoms with Crippen LogP contribution in [0.1, 0.15) is 16.4 Å². The highest BCUT2D eigenvalue weighted by molar-refractivity contribution is 7.99. The van der Waals surface area contributed by atoms with E-state index in [2.05, 4.69) is 5.32 Å². The van der Waals surface area contributed by atoms with Crippen LogP contribution >= 0.6 is 11.8 Å². The summed E-state index contributed by atoms with van der Waals surface area (Å²) >= 11 is 1.79. The Balaban J connectivity index is 2.12. The smallest absolute Gasteiger partial charge is 0.314 e. The minimum Gasteiger partial charge on any atom is -0.314 e. The third kappa shape index (κ3) is 2.71. The van der Waals surface area contributed by atoms with Crippen molar-refractivity contribution in [3.05, 3.63) is 35.4 Å². The normalized spacial score (nSPS) is 22.1. The monoisotopic (exact) mass is 247 g/mol. The Morgan fingerprint density at radius 2 is 1.88 bits per heavy atom. The molecule has 0 aliphatic carbocycles. The van der Waals surface area contributed by atoms with Crippen LogP contribution in [-0.2, 0) is 6.18 Å². The fourth-order valence-electron chi connectivity index (χ4n) is 1.67. The van der Waals surface area contributed by atoms with Crippen LogP contribution in [0.2, 0.25) is 0 Å². The fraction of sp³-hybridized carbons (Fsp3) is 0.455. The van der Waals surface area contributed by atoms with Crippen LogP contribution in [0.3, 0.4) is 0 Å². The lowest BCUT2D eigenvalue weighted by atomic mass is 10.1. The topological polar surface area (TPSA) is 12.0 Å². The second kappa shape index (κ2) is 4.67. The molecule has 1 aromatic rings. The van der Waals surface area contributed by atoms with E-state index in [1.165, 1.54) is 0 Å². The first kappa shape index (κ1) is 11.8. The molecule has 0 aromatic heterocycles. The van der Waals surface area contributed by atoms with Gasteiger partial charge in [0.05, 0.1) is 5.56 Å². The van der Waals surface area contributed by atoms with Crippen molar-refractivity contribution >= 4 is 11.8 Å². The van der Waals surface area contributed by atoms with Gasteiger partial charge in [0.1, 0.15) is 0 Å². The SMILES string of the molecule is FC(F)(F)c1ccc(C2CNCCS2)cc1. The Labute approximate surface area is 96.4 Å². The van der Waals surface area contributed by atoms with E-state index in [0.717, 1.165) is 36.5 Å². The summed E-state index contributed by atoms with van der Waals surface area (Å²) in [6.45, 7) is 1.80. The predicted molar refractivity (Wildman–Crippen MR) is 59.5 cm³/mol. The quantitative estimate of drug-likeness (QED) is 0.818. The van der Waals surface area contributed by atoms with Crippen molar-refractivity contribution < 1.29 is 13.2 Å². The van der Waals surface area contributed by atoms with Gasteiger partial charge in [-0.1, -0.05) is 12.1 Å². The molecule has 1 heterocycles.